The highest BCUT2D eigenvalue weighted by atomic mass is 16.5. The molecule has 0 aliphatic carbocycles. The summed E-state index contributed by atoms with van der Waals surface area (Å²) in [6.45, 7) is 3.52. The third-order valence-corrected chi connectivity index (χ3v) is 6.19. The second-order valence-corrected chi connectivity index (χ2v) is 8.22. The summed E-state index contributed by atoms with van der Waals surface area (Å²) < 4.78 is 18.2. The maximum Gasteiger partial charge on any atom is 0.310 e. The van der Waals surface area contributed by atoms with Crippen LogP contribution < -0.4 is 14.4 Å². The maximum atomic E-state index is 12.5. The lowest BCUT2D eigenvalue weighted by Gasteiger charge is -2.32. The molecule has 0 bridgehead atoms. The molecule has 0 amide bonds. The van der Waals surface area contributed by atoms with Crippen LogP contribution in [0.3, 0.4) is 0 Å². The molecular formula is C25H27N5O4. The maximum absolute atomic E-state index is 12.5. The molecule has 0 spiro atoms. The largest absolute Gasteiger partial charge is 0.493 e. The van der Waals surface area contributed by atoms with E-state index in [2.05, 4.69) is 15.1 Å². The molecule has 4 aromatic rings. The average molecular weight is 462 g/mol. The number of benzene rings is 2. The van der Waals surface area contributed by atoms with Crippen molar-refractivity contribution in [3.8, 4) is 22.9 Å². The summed E-state index contributed by atoms with van der Waals surface area (Å²) in [6, 6.07) is 13.5. The number of carbonyl (C=O) groups excluding carboxylic acids is 1. The van der Waals surface area contributed by atoms with Crippen LogP contribution in [0, 0.1) is 5.92 Å². The second kappa shape index (κ2) is 9.17. The second-order valence-electron chi connectivity index (χ2n) is 8.22. The van der Waals surface area contributed by atoms with Gasteiger partial charge in [0.05, 0.1) is 32.3 Å². The number of carbonyl (C=O) groups is 1. The highest BCUT2D eigenvalue weighted by Crippen LogP contribution is 2.35. The minimum atomic E-state index is -0.196. The number of esters is 1. The molecule has 0 unspecified atom stereocenters. The molecule has 1 saturated heterocycles. The van der Waals surface area contributed by atoms with Crippen LogP contribution in [0.5, 0.6) is 11.5 Å². The van der Waals surface area contributed by atoms with Gasteiger partial charge < -0.3 is 19.1 Å². The van der Waals surface area contributed by atoms with E-state index in [9.17, 15) is 4.79 Å². The number of rotatable bonds is 6. The van der Waals surface area contributed by atoms with E-state index < -0.39 is 0 Å². The molecule has 0 saturated carbocycles. The summed E-state index contributed by atoms with van der Waals surface area (Å²) in [7, 11) is 3.21. The Kier molecular flexibility index (Phi) is 5.91. The molecule has 176 valence electrons. The quantitative estimate of drug-likeness (QED) is 0.401. The van der Waals surface area contributed by atoms with Crippen molar-refractivity contribution in [1.82, 2.24) is 19.6 Å². The molecule has 9 nitrogen and oxygen atoms in total. The van der Waals surface area contributed by atoms with Crippen LogP contribution >= 0.6 is 0 Å². The fraction of sp³-hybridized carbons (Fsp3) is 0.360. The number of piperidine rings is 1. The number of ether oxygens (including phenoxy) is 3. The molecule has 34 heavy (non-hydrogen) atoms. The lowest BCUT2D eigenvalue weighted by molar-refractivity contribution is -0.148. The van der Waals surface area contributed by atoms with Crippen LogP contribution in [0.15, 0.2) is 42.5 Å². The highest BCUT2D eigenvalue weighted by molar-refractivity contribution is 5.93. The summed E-state index contributed by atoms with van der Waals surface area (Å²) in [5.41, 5.74) is 2.36. The predicted octanol–water partition coefficient (Wildman–Crippen LogP) is 3.74. The number of nitrogens with zero attached hydrogens (tertiary/aromatic N) is 5. The molecule has 2 aromatic carbocycles. The average Bonchev–Trinajstić information content (AvgIpc) is 3.33. The summed E-state index contributed by atoms with van der Waals surface area (Å²) in [5.74, 6) is 2.23. The molecule has 1 aliphatic heterocycles. The molecular weight excluding hydrogens is 434 g/mol. The van der Waals surface area contributed by atoms with E-state index in [1.54, 1.807) is 14.2 Å². The van der Waals surface area contributed by atoms with Gasteiger partial charge in [0.2, 0.25) is 5.95 Å². The third kappa shape index (κ3) is 3.76. The number of aromatic nitrogens is 4. The number of fused-ring (bicyclic) bond motifs is 3. The molecule has 1 aliphatic rings. The number of hydrogen-bond acceptors (Lipinski definition) is 8. The molecule has 9 heteroatoms. The first-order valence-electron chi connectivity index (χ1n) is 11.4. The van der Waals surface area contributed by atoms with Gasteiger partial charge in [0.1, 0.15) is 0 Å². The van der Waals surface area contributed by atoms with Crippen LogP contribution in [0.1, 0.15) is 19.8 Å². The molecule has 5 rings (SSSR count). The number of methoxy groups -OCH3 is 2. The van der Waals surface area contributed by atoms with Gasteiger partial charge in [-0.05, 0) is 50.1 Å². The van der Waals surface area contributed by atoms with Gasteiger partial charge >= 0.3 is 5.97 Å². The Morgan fingerprint density at radius 1 is 1.09 bits per heavy atom. The first-order chi connectivity index (χ1) is 16.6. The molecule has 1 atom stereocenters. The van der Waals surface area contributed by atoms with Crippen LogP contribution in [0.25, 0.3) is 27.9 Å². The van der Waals surface area contributed by atoms with Crippen LogP contribution in [0.2, 0.25) is 0 Å². The van der Waals surface area contributed by atoms with Gasteiger partial charge in [-0.1, -0.05) is 12.1 Å². The van der Waals surface area contributed by atoms with E-state index in [1.165, 1.54) is 0 Å². The Bertz CT molecular complexity index is 1350. The zero-order valence-electron chi connectivity index (χ0n) is 19.5. The number of anilines is 1. The fourth-order valence-electron chi connectivity index (χ4n) is 4.55. The van der Waals surface area contributed by atoms with Crippen molar-refractivity contribution < 1.29 is 19.0 Å². The van der Waals surface area contributed by atoms with E-state index in [-0.39, 0.29) is 11.9 Å². The van der Waals surface area contributed by atoms with Crippen molar-refractivity contribution in [3.63, 3.8) is 0 Å². The smallest absolute Gasteiger partial charge is 0.310 e. The van der Waals surface area contributed by atoms with Gasteiger partial charge in [-0.25, -0.2) is 9.38 Å². The van der Waals surface area contributed by atoms with E-state index in [0.29, 0.717) is 42.1 Å². The zero-order valence-corrected chi connectivity index (χ0v) is 19.5. The Labute approximate surface area is 197 Å². The first kappa shape index (κ1) is 21.9. The van der Waals surface area contributed by atoms with Crippen LogP contribution in [0.4, 0.5) is 5.95 Å². The highest BCUT2D eigenvalue weighted by Gasteiger charge is 2.30. The fourth-order valence-corrected chi connectivity index (χ4v) is 4.55. The van der Waals surface area contributed by atoms with Gasteiger partial charge in [-0.3, -0.25) is 4.79 Å². The standard InChI is InChI=1S/C25H27N5O4/c1-4-34-24(31)17-8-7-13-29(15-17)25-26-19-10-6-5-9-18(19)23-28-27-22(30(23)25)16-11-12-20(32-2)21(14-16)33-3/h5-6,9-12,14,17H,4,7-8,13,15H2,1-3H3/t17-/m1/s1. The summed E-state index contributed by atoms with van der Waals surface area (Å²) in [4.78, 5) is 19.6. The molecule has 0 N–H and O–H groups in total. The van der Waals surface area contributed by atoms with E-state index in [4.69, 9.17) is 19.2 Å². The van der Waals surface area contributed by atoms with E-state index in [0.717, 1.165) is 35.9 Å². The monoisotopic (exact) mass is 461 g/mol. The Hall–Kier alpha value is -3.88. The SMILES string of the molecule is CCOC(=O)[C@@H]1CCCN(c2nc3ccccc3c3nnc(-c4ccc(OC)c(OC)c4)n23)C1. The molecule has 0 radical (unpaired) electrons. The number of para-hydroxylation sites is 1. The van der Waals surface area contributed by atoms with E-state index >= 15 is 0 Å². The third-order valence-electron chi connectivity index (χ3n) is 6.19. The van der Waals surface area contributed by atoms with Gasteiger partial charge in [-0.15, -0.1) is 10.2 Å². The lowest BCUT2D eigenvalue weighted by Crippen LogP contribution is -2.40. The Balaban J connectivity index is 1.68. The minimum Gasteiger partial charge on any atom is -0.493 e. The van der Waals surface area contributed by atoms with Crippen molar-refractivity contribution >= 4 is 28.5 Å². The molecule has 2 aromatic heterocycles. The Morgan fingerprint density at radius 3 is 2.71 bits per heavy atom. The first-order valence-corrected chi connectivity index (χ1v) is 11.4. The van der Waals surface area contributed by atoms with Crippen LogP contribution in [-0.2, 0) is 9.53 Å². The van der Waals surface area contributed by atoms with Gasteiger partial charge in [0, 0.05) is 24.0 Å². The van der Waals surface area contributed by atoms with Crippen molar-refractivity contribution in [2.75, 3.05) is 38.8 Å². The summed E-state index contributed by atoms with van der Waals surface area (Å²) in [5, 5.41) is 9.99. The van der Waals surface area contributed by atoms with Gasteiger partial charge in [0.25, 0.3) is 0 Å². The van der Waals surface area contributed by atoms with Crippen molar-refractivity contribution in [1.29, 1.82) is 0 Å². The normalized spacial score (nSPS) is 16.1. The van der Waals surface area contributed by atoms with Crippen LogP contribution in [-0.4, -0.2) is 59.5 Å². The van der Waals surface area contributed by atoms with Gasteiger partial charge in [-0.2, -0.15) is 0 Å². The molecule has 3 heterocycles. The summed E-state index contributed by atoms with van der Waals surface area (Å²) >= 11 is 0. The predicted molar refractivity (Wildman–Crippen MR) is 128 cm³/mol. The summed E-state index contributed by atoms with van der Waals surface area (Å²) in [6.07, 6.45) is 1.67. The molecule has 1 fully saturated rings. The van der Waals surface area contributed by atoms with E-state index in [1.807, 2.05) is 53.8 Å². The van der Waals surface area contributed by atoms with Crippen molar-refractivity contribution in [2.45, 2.75) is 19.8 Å². The van der Waals surface area contributed by atoms with Crippen molar-refractivity contribution in [2.24, 2.45) is 5.92 Å². The van der Waals surface area contributed by atoms with Crippen molar-refractivity contribution in [3.05, 3.63) is 42.5 Å². The van der Waals surface area contributed by atoms with Gasteiger partial charge in [0.15, 0.2) is 23.0 Å². The lowest BCUT2D eigenvalue weighted by atomic mass is 9.98. The Morgan fingerprint density at radius 2 is 1.91 bits per heavy atom. The minimum absolute atomic E-state index is 0.159. The number of hydrogen-bond donors (Lipinski definition) is 0. The topological polar surface area (TPSA) is 91.1 Å². The zero-order chi connectivity index (χ0) is 23.7.